The predicted octanol–water partition coefficient (Wildman–Crippen LogP) is 1.38. The van der Waals surface area contributed by atoms with Crippen molar-refractivity contribution in [3.8, 4) is 0 Å². The van der Waals surface area contributed by atoms with E-state index in [0.717, 1.165) is 5.75 Å². The van der Waals surface area contributed by atoms with Gasteiger partial charge in [0, 0.05) is 6.20 Å². The molecule has 0 amide bonds. The molecule has 0 bridgehead atoms. The maximum atomic E-state index is 11.5. The topological polar surface area (TPSA) is 56.5 Å². The predicted molar refractivity (Wildman–Crippen MR) is 61.5 cm³/mol. The van der Waals surface area contributed by atoms with Crippen LogP contribution in [0.3, 0.4) is 0 Å². The molecule has 2 aromatic heterocycles. The van der Waals surface area contributed by atoms with Gasteiger partial charge in [-0.25, -0.2) is 14.3 Å². The molecule has 0 atom stereocenters. The summed E-state index contributed by atoms with van der Waals surface area (Å²) >= 11 is 1.64. The number of ether oxygens (including phenoxy) is 1. The maximum Gasteiger partial charge on any atom is 0.341 e. The van der Waals surface area contributed by atoms with Gasteiger partial charge in [-0.1, -0.05) is 0 Å². The fraction of sp³-hybridized carbons (Fsp3) is 0.300. The van der Waals surface area contributed by atoms with Crippen LogP contribution in [0.25, 0.3) is 5.65 Å². The summed E-state index contributed by atoms with van der Waals surface area (Å²) in [6.45, 7) is 0. The molecule has 84 valence electrons. The molecule has 2 aromatic rings. The van der Waals surface area contributed by atoms with Gasteiger partial charge in [0.05, 0.1) is 12.9 Å². The molecule has 0 aromatic carbocycles. The molecule has 0 aliphatic rings. The summed E-state index contributed by atoms with van der Waals surface area (Å²) in [6.07, 6.45) is 3.74. The fourth-order valence-electron chi connectivity index (χ4n) is 1.41. The quantitative estimate of drug-likeness (QED) is 0.755. The van der Waals surface area contributed by atoms with Crippen molar-refractivity contribution in [1.82, 2.24) is 14.6 Å². The minimum atomic E-state index is -0.395. The summed E-state index contributed by atoms with van der Waals surface area (Å²) in [7, 11) is 1.35. The minimum Gasteiger partial charge on any atom is -0.465 e. The molecule has 0 aliphatic heterocycles. The van der Waals surface area contributed by atoms with E-state index in [-0.39, 0.29) is 0 Å². The van der Waals surface area contributed by atoms with Crippen molar-refractivity contribution in [1.29, 1.82) is 0 Å². The van der Waals surface area contributed by atoms with Crippen LogP contribution in [0.4, 0.5) is 0 Å². The lowest BCUT2D eigenvalue weighted by Gasteiger charge is -1.99. The van der Waals surface area contributed by atoms with Crippen LogP contribution in [0.2, 0.25) is 0 Å². The standard InChI is InChI=1S/C10H11N3O2S/c1-15-10(14)7-4-3-5-13-9(7)11-8(12-13)6-16-2/h3-5H,6H2,1-2H3. The van der Waals surface area contributed by atoms with Crippen LogP contribution in [0, 0.1) is 0 Å². The van der Waals surface area contributed by atoms with Crippen LogP contribution in [0.15, 0.2) is 18.3 Å². The van der Waals surface area contributed by atoms with Crippen molar-refractivity contribution in [2.45, 2.75) is 5.75 Å². The molecule has 0 saturated heterocycles. The summed E-state index contributed by atoms with van der Waals surface area (Å²) in [4.78, 5) is 15.8. The lowest BCUT2D eigenvalue weighted by atomic mass is 10.3. The Bertz CT molecular complexity index is 524. The van der Waals surface area contributed by atoms with Crippen LogP contribution in [-0.4, -0.2) is 33.9 Å². The number of aromatic nitrogens is 3. The molecule has 5 nitrogen and oxygen atoms in total. The Morgan fingerprint density at radius 3 is 3.12 bits per heavy atom. The zero-order chi connectivity index (χ0) is 11.5. The van der Waals surface area contributed by atoms with E-state index in [0.29, 0.717) is 17.0 Å². The molecule has 0 N–H and O–H groups in total. The van der Waals surface area contributed by atoms with Gasteiger partial charge in [0.15, 0.2) is 11.5 Å². The van der Waals surface area contributed by atoms with E-state index in [1.807, 2.05) is 6.26 Å². The van der Waals surface area contributed by atoms with Crippen molar-refractivity contribution < 1.29 is 9.53 Å². The van der Waals surface area contributed by atoms with Crippen molar-refractivity contribution >= 4 is 23.4 Å². The highest BCUT2D eigenvalue weighted by Crippen LogP contribution is 2.12. The average molecular weight is 237 g/mol. The Kier molecular flexibility index (Phi) is 3.09. The summed E-state index contributed by atoms with van der Waals surface area (Å²) in [5.41, 5.74) is 0.975. The van der Waals surface area contributed by atoms with Gasteiger partial charge in [-0.15, -0.1) is 0 Å². The number of rotatable bonds is 3. The largest absolute Gasteiger partial charge is 0.465 e. The second-order valence-corrected chi connectivity index (χ2v) is 4.01. The first-order valence-electron chi connectivity index (χ1n) is 4.67. The molecular formula is C10H11N3O2S. The summed E-state index contributed by atoms with van der Waals surface area (Å²) in [5, 5.41) is 4.26. The molecule has 0 radical (unpaired) electrons. The number of hydrogen-bond donors (Lipinski definition) is 0. The number of nitrogens with zero attached hydrogens (tertiary/aromatic N) is 3. The number of fused-ring (bicyclic) bond motifs is 1. The van der Waals surface area contributed by atoms with Gasteiger partial charge in [0.1, 0.15) is 5.56 Å². The number of carbonyl (C=O) groups excluding carboxylic acids is 1. The van der Waals surface area contributed by atoms with E-state index in [9.17, 15) is 4.79 Å². The molecule has 0 fully saturated rings. The molecule has 16 heavy (non-hydrogen) atoms. The highest BCUT2D eigenvalue weighted by atomic mass is 32.2. The van der Waals surface area contributed by atoms with E-state index in [2.05, 4.69) is 14.8 Å². The minimum absolute atomic E-state index is 0.395. The van der Waals surface area contributed by atoms with Gasteiger partial charge >= 0.3 is 5.97 Å². The Hall–Kier alpha value is -1.56. The summed E-state index contributed by atoms with van der Waals surface area (Å²) < 4.78 is 6.28. The van der Waals surface area contributed by atoms with Gasteiger partial charge in [0.25, 0.3) is 0 Å². The molecule has 0 aliphatic carbocycles. The van der Waals surface area contributed by atoms with E-state index in [4.69, 9.17) is 0 Å². The number of carbonyl (C=O) groups is 1. The Labute approximate surface area is 96.8 Å². The van der Waals surface area contributed by atoms with Crippen molar-refractivity contribution in [2.24, 2.45) is 0 Å². The van der Waals surface area contributed by atoms with E-state index < -0.39 is 5.97 Å². The first kappa shape index (κ1) is 10.9. The first-order chi connectivity index (χ1) is 7.76. The Morgan fingerprint density at radius 2 is 2.44 bits per heavy atom. The van der Waals surface area contributed by atoms with Gasteiger partial charge in [-0.3, -0.25) is 0 Å². The number of esters is 1. The molecular weight excluding hydrogens is 226 g/mol. The highest BCUT2D eigenvalue weighted by Gasteiger charge is 2.13. The SMILES string of the molecule is COC(=O)c1cccn2nc(CSC)nc12. The lowest BCUT2D eigenvalue weighted by Crippen LogP contribution is -2.04. The lowest BCUT2D eigenvalue weighted by molar-refractivity contribution is 0.0602. The van der Waals surface area contributed by atoms with Crippen LogP contribution in [0.5, 0.6) is 0 Å². The smallest absolute Gasteiger partial charge is 0.341 e. The van der Waals surface area contributed by atoms with Crippen LogP contribution in [-0.2, 0) is 10.5 Å². The van der Waals surface area contributed by atoms with Crippen molar-refractivity contribution in [3.63, 3.8) is 0 Å². The summed E-state index contributed by atoms with van der Waals surface area (Å²) in [5.74, 6) is 1.04. The van der Waals surface area contributed by atoms with E-state index >= 15 is 0 Å². The van der Waals surface area contributed by atoms with Gasteiger partial charge in [-0.2, -0.15) is 16.9 Å². The van der Waals surface area contributed by atoms with Gasteiger partial charge in [-0.05, 0) is 18.4 Å². The molecule has 2 rings (SSSR count). The number of methoxy groups -OCH3 is 1. The fourth-order valence-corrected chi connectivity index (χ4v) is 1.79. The van der Waals surface area contributed by atoms with Gasteiger partial charge in [0.2, 0.25) is 0 Å². The monoisotopic (exact) mass is 237 g/mol. The van der Waals surface area contributed by atoms with Gasteiger partial charge < -0.3 is 4.74 Å². The second-order valence-electron chi connectivity index (χ2n) is 3.14. The normalized spacial score (nSPS) is 10.6. The third kappa shape index (κ3) is 1.88. The first-order valence-corrected chi connectivity index (χ1v) is 6.07. The maximum absolute atomic E-state index is 11.5. The number of thioether (sulfide) groups is 1. The third-order valence-corrected chi connectivity index (χ3v) is 2.63. The second kappa shape index (κ2) is 4.52. The zero-order valence-electron chi connectivity index (χ0n) is 9.01. The molecule has 0 unspecified atom stereocenters. The summed E-state index contributed by atoms with van der Waals surface area (Å²) in [6, 6.07) is 3.43. The third-order valence-electron chi connectivity index (χ3n) is 2.08. The molecule has 0 spiro atoms. The molecule has 2 heterocycles. The molecule has 6 heteroatoms. The van der Waals surface area contributed by atoms with E-state index in [1.54, 1.807) is 34.6 Å². The van der Waals surface area contributed by atoms with Crippen LogP contribution >= 0.6 is 11.8 Å². The van der Waals surface area contributed by atoms with Crippen LogP contribution < -0.4 is 0 Å². The van der Waals surface area contributed by atoms with Crippen LogP contribution in [0.1, 0.15) is 16.2 Å². The molecule has 0 saturated carbocycles. The Balaban J connectivity index is 2.54. The number of hydrogen-bond acceptors (Lipinski definition) is 5. The Morgan fingerprint density at radius 1 is 1.62 bits per heavy atom. The average Bonchev–Trinajstić information content (AvgIpc) is 2.70. The van der Waals surface area contributed by atoms with Crippen molar-refractivity contribution in [3.05, 3.63) is 29.7 Å². The van der Waals surface area contributed by atoms with E-state index in [1.165, 1.54) is 7.11 Å². The highest BCUT2D eigenvalue weighted by molar-refractivity contribution is 7.97. The van der Waals surface area contributed by atoms with Crippen molar-refractivity contribution in [2.75, 3.05) is 13.4 Å². The number of pyridine rings is 1. The zero-order valence-corrected chi connectivity index (χ0v) is 9.82.